The van der Waals surface area contributed by atoms with Crippen molar-refractivity contribution in [2.24, 2.45) is 4.99 Å². The van der Waals surface area contributed by atoms with Gasteiger partial charge in [-0.1, -0.05) is 60.2 Å². The third-order valence-corrected chi connectivity index (χ3v) is 8.10. The van der Waals surface area contributed by atoms with Gasteiger partial charge in [0.15, 0.2) is 16.7 Å². The lowest BCUT2D eigenvalue weighted by Crippen LogP contribution is -2.28. The number of ether oxygens (including phenoxy) is 3. The summed E-state index contributed by atoms with van der Waals surface area (Å²) < 4.78 is 18.2. The molecule has 1 fully saturated rings. The molecule has 8 heteroatoms. The Balaban J connectivity index is 1.44. The summed E-state index contributed by atoms with van der Waals surface area (Å²) in [6.45, 7) is 5.27. The Bertz CT molecular complexity index is 1600. The van der Waals surface area contributed by atoms with Gasteiger partial charge in [0.25, 0.3) is 5.91 Å². The van der Waals surface area contributed by atoms with Gasteiger partial charge >= 0.3 is 0 Å². The number of amides is 1. The zero-order valence-corrected chi connectivity index (χ0v) is 26.1. The first-order valence-electron chi connectivity index (χ1n) is 13.6. The monoisotopic (exact) mass is 642 g/mol. The number of carbonyl (C=O) groups excluding carboxylic acids is 1. The van der Waals surface area contributed by atoms with Gasteiger partial charge in [-0.15, -0.1) is 0 Å². The number of aliphatic imine (C=N–C) groups is 1. The van der Waals surface area contributed by atoms with Gasteiger partial charge in [-0.3, -0.25) is 9.69 Å². The highest BCUT2D eigenvalue weighted by Gasteiger charge is 2.33. The molecule has 0 radical (unpaired) electrons. The first kappa shape index (κ1) is 29.5. The van der Waals surface area contributed by atoms with E-state index in [-0.39, 0.29) is 5.91 Å². The predicted octanol–water partition coefficient (Wildman–Crippen LogP) is 8.55. The summed E-state index contributed by atoms with van der Waals surface area (Å²) in [5.74, 6) is 1.88. The van der Waals surface area contributed by atoms with Gasteiger partial charge in [-0.2, -0.15) is 0 Å². The number of aryl methyl sites for hydroxylation is 1. The molecule has 1 heterocycles. The van der Waals surface area contributed by atoms with E-state index in [0.29, 0.717) is 41.3 Å². The van der Waals surface area contributed by atoms with Crippen LogP contribution in [0.1, 0.15) is 29.2 Å². The molecule has 0 spiro atoms. The molecule has 1 aliphatic heterocycles. The highest BCUT2D eigenvalue weighted by molar-refractivity contribution is 9.10. The summed E-state index contributed by atoms with van der Waals surface area (Å²) in [6, 6.07) is 29.4. The minimum atomic E-state index is -0.112. The molecule has 0 atom stereocenters. The molecule has 1 amide bonds. The molecule has 1 aliphatic rings. The van der Waals surface area contributed by atoms with Crippen LogP contribution in [0.15, 0.2) is 105 Å². The van der Waals surface area contributed by atoms with Gasteiger partial charge < -0.3 is 14.2 Å². The van der Waals surface area contributed by atoms with Crippen LogP contribution in [0.4, 0.5) is 5.69 Å². The first-order valence-corrected chi connectivity index (χ1v) is 15.2. The van der Waals surface area contributed by atoms with E-state index in [1.165, 1.54) is 17.3 Å². The molecule has 42 heavy (non-hydrogen) atoms. The fourth-order valence-corrected chi connectivity index (χ4v) is 5.89. The minimum absolute atomic E-state index is 0.112. The normalized spacial score (nSPS) is 15.0. The topological polar surface area (TPSA) is 60.4 Å². The molecule has 0 aromatic heterocycles. The van der Waals surface area contributed by atoms with Crippen LogP contribution in [0, 0.1) is 6.92 Å². The molecule has 0 N–H and O–H groups in total. The molecule has 0 saturated carbocycles. The van der Waals surface area contributed by atoms with Crippen molar-refractivity contribution in [3.05, 3.63) is 123 Å². The summed E-state index contributed by atoms with van der Waals surface area (Å²) in [7, 11) is 1.63. The highest BCUT2D eigenvalue weighted by Crippen LogP contribution is 2.40. The number of hydrogen-bond donors (Lipinski definition) is 0. The predicted molar refractivity (Wildman–Crippen MR) is 173 cm³/mol. The Hall–Kier alpha value is -4.01. The van der Waals surface area contributed by atoms with Crippen molar-refractivity contribution in [2.75, 3.05) is 13.7 Å². The average molecular weight is 644 g/mol. The number of methoxy groups -OCH3 is 1. The Morgan fingerprint density at radius 2 is 1.64 bits per heavy atom. The van der Waals surface area contributed by atoms with Gasteiger partial charge in [-0.25, -0.2) is 4.99 Å². The number of amidine groups is 1. The van der Waals surface area contributed by atoms with Crippen LogP contribution in [0.2, 0.25) is 0 Å². The van der Waals surface area contributed by atoms with Gasteiger partial charge in [-0.05, 0) is 101 Å². The molecule has 5 rings (SSSR count). The van der Waals surface area contributed by atoms with Gasteiger partial charge in [0.2, 0.25) is 0 Å². The number of nitrogens with zero attached hydrogens (tertiary/aromatic N) is 2. The molecular weight excluding hydrogens is 612 g/mol. The van der Waals surface area contributed by atoms with Crippen molar-refractivity contribution in [3.8, 4) is 17.2 Å². The summed E-state index contributed by atoms with van der Waals surface area (Å²) in [5.41, 5.74) is 4.84. The van der Waals surface area contributed by atoms with E-state index in [2.05, 4.69) is 47.1 Å². The lowest BCUT2D eigenvalue weighted by molar-refractivity contribution is -0.122. The number of para-hydroxylation sites is 1. The SMILES string of the molecule is CCOc1cc(/C=C2\SC(=Nc3ccccc3)N(Cc3ccc(OC)cc3)C2=O)cc(Br)c1OCc1ccc(C)cc1. The minimum Gasteiger partial charge on any atom is -0.497 e. The third-order valence-electron chi connectivity index (χ3n) is 6.50. The van der Waals surface area contributed by atoms with Gasteiger partial charge in [0.05, 0.1) is 35.3 Å². The second-order valence-electron chi connectivity index (χ2n) is 9.62. The quantitative estimate of drug-likeness (QED) is 0.162. The fraction of sp³-hybridized carbons (Fsp3) is 0.176. The van der Waals surface area contributed by atoms with Crippen LogP contribution >= 0.6 is 27.7 Å². The van der Waals surface area contributed by atoms with Crippen LogP contribution in [-0.4, -0.2) is 29.7 Å². The molecule has 214 valence electrons. The number of benzene rings is 4. The number of thioether (sulfide) groups is 1. The Labute approximate surface area is 259 Å². The largest absolute Gasteiger partial charge is 0.497 e. The summed E-state index contributed by atoms with van der Waals surface area (Å²) in [5, 5.41) is 0.621. The maximum atomic E-state index is 13.7. The zero-order chi connectivity index (χ0) is 29.5. The van der Waals surface area contributed by atoms with Crippen molar-refractivity contribution in [2.45, 2.75) is 27.0 Å². The lowest BCUT2D eigenvalue weighted by Gasteiger charge is -2.16. The standard InChI is InChI=1S/C34H31BrN2O4S/c1-4-40-30-19-26(18-29(35)32(30)41-22-25-12-10-23(2)11-13-25)20-31-33(38)37(21-24-14-16-28(39-3)17-15-24)34(42-31)36-27-8-6-5-7-9-27/h5-20H,4,21-22H2,1-3H3/b31-20-,36-34?. The van der Waals surface area contributed by atoms with Crippen LogP contribution < -0.4 is 14.2 Å². The third kappa shape index (κ3) is 7.24. The van der Waals surface area contributed by atoms with Crippen molar-refractivity contribution in [1.82, 2.24) is 4.90 Å². The van der Waals surface area contributed by atoms with Crippen molar-refractivity contribution in [3.63, 3.8) is 0 Å². The van der Waals surface area contributed by atoms with Crippen LogP contribution in [0.5, 0.6) is 17.2 Å². The Morgan fingerprint density at radius 1 is 0.929 bits per heavy atom. The fourth-order valence-electron chi connectivity index (χ4n) is 4.32. The molecular formula is C34H31BrN2O4S. The van der Waals surface area contributed by atoms with Gasteiger partial charge in [0.1, 0.15) is 12.4 Å². The lowest BCUT2D eigenvalue weighted by atomic mass is 10.1. The van der Waals surface area contributed by atoms with Crippen LogP contribution in [0.25, 0.3) is 6.08 Å². The second-order valence-corrected chi connectivity index (χ2v) is 11.5. The molecule has 0 unspecified atom stereocenters. The van der Waals surface area contributed by atoms with E-state index < -0.39 is 0 Å². The summed E-state index contributed by atoms with van der Waals surface area (Å²) >= 11 is 5.03. The smallest absolute Gasteiger partial charge is 0.267 e. The summed E-state index contributed by atoms with van der Waals surface area (Å²) in [6.07, 6.45) is 1.87. The molecule has 4 aromatic rings. The number of carbonyl (C=O) groups is 1. The molecule has 0 bridgehead atoms. The van der Waals surface area contributed by atoms with E-state index in [0.717, 1.165) is 32.6 Å². The van der Waals surface area contributed by atoms with E-state index in [4.69, 9.17) is 19.2 Å². The van der Waals surface area contributed by atoms with E-state index in [1.807, 2.05) is 79.7 Å². The van der Waals surface area contributed by atoms with E-state index in [9.17, 15) is 4.79 Å². The first-order chi connectivity index (χ1) is 20.4. The number of hydrogen-bond acceptors (Lipinski definition) is 6. The van der Waals surface area contributed by atoms with E-state index in [1.54, 1.807) is 12.0 Å². The van der Waals surface area contributed by atoms with Crippen LogP contribution in [0.3, 0.4) is 0 Å². The molecule has 4 aromatic carbocycles. The number of halogens is 1. The Kier molecular flexibility index (Phi) is 9.66. The van der Waals surface area contributed by atoms with E-state index >= 15 is 0 Å². The van der Waals surface area contributed by atoms with Crippen LogP contribution in [-0.2, 0) is 17.9 Å². The molecule has 1 saturated heterocycles. The Morgan fingerprint density at radius 3 is 2.33 bits per heavy atom. The second kappa shape index (κ2) is 13.8. The average Bonchev–Trinajstić information content (AvgIpc) is 3.27. The summed E-state index contributed by atoms with van der Waals surface area (Å²) in [4.78, 5) is 20.8. The van der Waals surface area contributed by atoms with Crippen molar-refractivity contribution in [1.29, 1.82) is 0 Å². The zero-order valence-electron chi connectivity index (χ0n) is 23.7. The van der Waals surface area contributed by atoms with Gasteiger partial charge in [0, 0.05) is 0 Å². The maximum absolute atomic E-state index is 13.7. The van der Waals surface area contributed by atoms with Crippen molar-refractivity contribution >= 4 is 50.5 Å². The molecule has 6 nitrogen and oxygen atoms in total. The highest BCUT2D eigenvalue weighted by atomic mass is 79.9. The van der Waals surface area contributed by atoms with Crippen molar-refractivity contribution < 1.29 is 19.0 Å². The molecule has 0 aliphatic carbocycles. The maximum Gasteiger partial charge on any atom is 0.267 e. The number of rotatable bonds is 10.